The van der Waals surface area contributed by atoms with Crippen LogP contribution < -0.4 is 5.32 Å². The summed E-state index contributed by atoms with van der Waals surface area (Å²) in [5.41, 5.74) is 1.51. The molecule has 0 saturated heterocycles. The SMILES string of the molecule is O=C(C=CNc1cccc(Cl)c1)c1ccc2ccccc2c1. The average molecular weight is 308 g/mol. The van der Waals surface area contributed by atoms with Gasteiger partial charge in [-0.2, -0.15) is 0 Å². The van der Waals surface area contributed by atoms with Crippen molar-refractivity contribution in [2.45, 2.75) is 0 Å². The van der Waals surface area contributed by atoms with Gasteiger partial charge in [0.2, 0.25) is 0 Å². The van der Waals surface area contributed by atoms with Crippen molar-refractivity contribution in [1.29, 1.82) is 0 Å². The van der Waals surface area contributed by atoms with E-state index in [1.165, 1.54) is 6.08 Å². The molecule has 0 amide bonds. The standard InChI is InChI=1S/C19H14ClNO/c20-17-6-3-7-18(13-17)21-11-10-19(22)16-9-8-14-4-1-2-5-15(14)12-16/h1-13,21H. The molecule has 3 aromatic carbocycles. The molecule has 0 aliphatic heterocycles. The summed E-state index contributed by atoms with van der Waals surface area (Å²) in [5, 5.41) is 5.87. The molecule has 1 N–H and O–H groups in total. The Kier molecular flexibility index (Phi) is 4.22. The van der Waals surface area contributed by atoms with E-state index >= 15 is 0 Å². The van der Waals surface area contributed by atoms with Crippen molar-refractivity contribution in [3.63, 3.8) is 0 Å². The summed E-state index contributed by atoms with van der Waals surface area (Å²) >= 11 is 5.91. The third kappa shape index (κ3) is 3.35. The molecule has 0 saturated carbocycles. The van der Waals surface area contributed by atoms with Crippen molar-refractivity contribution in [1.82, 2.24) is 0 Å². The number of anilines is 1. The summed E-state index contributed by atoms with van der Waals surface area (Å²) in [7, 11) is 0. The predicted octanol–water partition coefficient (Wildman–Crippen LogP) is 5.30. The van der Waals surface area contributed by atoms with Gasteiger partial charge in [0, 0.05) is 28.5 Å². The summed E-state index contributed by atoms with van der Waals surface area (Å²) in [6.07, 6.45) is 3.15. The van der Waals surface area contributed by atoms with Gasteiger partial charge in [-0.15, -0.1) is 0 Å². The van der Waals surface area contributed by atoms with Gasteiger partial charge in [-0.05, 0) is 35.0 Å². The molecule has 0 aliphatic carbocycles. The molecule has 0 aromatic heterocycles. The summed E-state index contributed by atoms with van der Waals surface area (Å²) in [6.45, 7) is 0. The fourth-order valence-electron chi connectivity index (χ4n) is 2.23. The van der Waals surface area contributed by atoms with Gasteiger partial charge < -0.3 is 5.32 Å². The van der Waals surface area contributed by atoms with Gasteiger partial charge in [-0.25, -0.2) is 0 Å². The summed E-state index contributed by atoms with van der Waals surface area (Å²) in [4.78, 5) is 12.2. The van der Waals surface area contributed by atoms with Gasteiger partial charge in [0.25, 0.3) is 0 Å². The van der Waals surface area contributed by atoms with Crippen LogP contribution in [-0.2, 0) is 0 Å². The Morgan fingerprint density at radius 2 is 1.73 bits per heavy atom. The quantitative estimate of drug-likeness (QED) is 0.523. The number of rotatable bonds is 4. The van der Waals surface area contributed by atoms with Crippen LogP contribution in [0.5, 0.6) is 0 Å². The number of nitrogens with one attached hydrogen (secondary N) is 1. The van der Waals surface area contributed by atoms with E-state index in [-0.39, 0.29) is 5.78 Å². The van der Waals surface area contributed by atoms with Gasteiger partial charge in [0.1, 0.15) is 0 Å². The third-order valence-electron chi connectivity index (χ3n) is 3.34. The molecule has 3 aromatic rings. The molecule has 0 bridgehead atoms. The maximum Gasteiger partial charge on any atom is 0.187 e. The molecule has 0 spiro atoms. The highest BCUT2D eigenvalue weighted by molar-refractivity contribution is 6.30. The second-order valence-electron chi connectivity index (χ2n) is 4.91. The highest BCUT2D eigenvalue weighted by Crippen LogP contribution is 2.17. The number of halogens is 1. The van der Waals surface area contributed by atoms with Gasteiger partial charge in [0.15, 0.2) is 5.78 Å². The van der Waals surface area contributed by atoms with Crippen LogP contribution in [-0.4, -0.2) is 5.78 Å². The minimum atomic E-state index is -0.0414. The molecule has 0 heterocycles. The topological polar surface area (TPSA) is 29.1 Å². The van der Waals surface area contributed by atoms with E-state index in [9.17, 15) is 4.79 Å². The van der Waals surface area contributed by atoms with Gasteiger partial charge >= 0.3 is 0 Å². The first-order valence-corrected chi connectivity index (χ1v) is 7.32. The van der Waals surface area contributed by atoms with E-state index < -0.39 is 0 Å². The summed E-state index contributed by atoms with van der Waals surface area (Å²) in [5.74, 6) is -0.0414. The van der Waals surface area contributed by atoms with Crippen LogP contribution in [0.25, 0.3) is 10.8 Å². The predicted molar refractivity (Wildman–Crippen MR) is 92.5 cm³/mol. The van der Waals surface area contributed by atoms with Crippen molar-refractivity contribution in [3.05, 3.63) is 89.6 Å². The van der Waals surface area contributed by atoms with Crippen molar-refractivity contribution in [2.24, 2.45) is 0 Å². The molecular formula is C19H14ClNO. The number of hydrogen-bond acceptors (Lipinski definition) is 2. The Morgan fingerprint density at radius 1 is 0.909 bits per heavy atom. The molecule has 22 heavy (non-hydrogen) atoms. The highest BCUT2D eigenvalue weighted by Gasteiger charge is 2.02. The molecular weight excluding hydrogens is 294 g/mol. The van der Waals surface area contributed by atoms with Crippen molar-refractivity contribution in [3.8, 4) is 0 Å². The number of fused-ring (bicyclic) bond motifs is 1. The molecule has 0 fully saturated rings. The fraction of sp³-hybridized carbons (Fsp3) is 0. The maximum absolute atomic E-state index is 12.2. The van der Waals surface area contributed by atoms with Gasteiger partial charge in [-0.3, -0.25) is 4.79 Å². The fourth-order valence-corrected chi connectivity index (χ4v) is 2.42. The molecule has 108 valence electrons. The first-order valence-electron chi connectivity index (χ1n) is 6.94. The first-order chi connectivity index (χ1) is 10.7. The molecule has 0 radical (unpaired) electrons. The lowest BCUT2D eigenvalue weighted by Crippen LogP contribution is -1.96. The Bertz CT molecular complexity index is 855. The molecule has 3 rings (SSSR count). The maximum atomic E-state index is 12.2. The monoisotopic (exact) mass is 307 g/mol. The van der Waals surface area contributed by atoms with E-state index in [0.29, 0.717) is 10.6 Å². The number of carbonyl (C=O) groups excluding carboxylic acids is 1. The Morgan fingerprint density at radius 3 is 2.55 bits per heavy atom. The van der Waals surface area contributed by atoms with Crippen molar-refractivity contribution < 1.29 is 4.79 Å². The zero-order valence-electron chi connectivity index (χ0n) is 11.8. The summed E-state index contributed by atoms with van der Waals surface area (Å²) in [6, 6.07) is 21.0. The molecule has 2 nitrogen and oxygen atoms in total. The van der Waals surface area contributed by atoms with Gasteiger partial charge in [0.05, 0.1) is 0 Å². The minimum absolute atomic E-state index is 0.0414. The van der Waals surface area contributed by atoms with Crippen molar-refractivity contribution >= 4 is 33.8 Å². The van der Waals surface area contributed by atoms with Crippen LogP contribution in [0.4, 0.5) is 5.69 Å². The van der Waals surface area contributed by atoms with E-state index in [1.54, 1.807) is 18.3 Å². The number of allylic oxidation sites excluding steroid dienone is 1. The Hall–Kier alpha value is -2.58. The second-order valence-corrected chi connectivity index (χ2v) is 5.35. The van der Waals surface area contributed by atoms with Crippen LogP contribution >= 0.6 is 11.6 Å². The van der Waals surface area contributed by atoms with Crippen LogP contribution in [0.2, 0.25) is 5.02 Å². The Labute approximate surface area is 134 Å². The third-order valence-corrected chi connectivity index (χ3v) is 3.58. The number of ketones is 1. The van der Waals surface area contributed by atoms with E-state index in [4.69, 9.17) is 11.6 Å². The molecule has 3 heteroatoms. The minimum Gasteiger partial charge on any atom is -0.362 e. The molecule has 0 aliphatic rings. The molecule has 0 unspecified atom stereocenters. The number of hydrogen-bond donors (Lipinski definition) is 1. The highest BCUT2D eigenvalue weighted by atomic mass is 35.5. The van der Waals surface area contributed by atoms with Crippen LogP contribution in [0.1, 0.15) is 10.4 Å². The van der Waals surface area contributed by atoms with Crippen LogP contribution in [0, 0.1) is 0 Å². The Balaban J connectivity index is 1.74. The number of benzene rings is 3. The zero-order valence-corrected chi connectivity index (χ0v) is 12.5. The lowest BCUT2D eigenvalue weighted by molar-refractivity contribution is 0.104. The molecule has 0 atom stereocenters. The number of carbonyl (C=O) groups is 1. The normalized spacial score (nSPS) is 11.0. The van der Waals surface area contributed by atoms with Crippen molar-refractivity contribution in [2.75, 3.05) is 5.32 Å². The van der Waals surface area contributed by atoms with Gasteiger partial charge in [-0.1, -0.05) is 54.1 Å². The first kappa shape index (κ1) is 14.4. The van der Waals surface area contributed by atoms with Crippen LogP contribution in [0.15, 0.2) is 79.0 Å². The smallest absolute Gasteiger partial charge is 0.187 e. The second kappa shape index (κ2) is 6.46. The lowest BCUT2D eigenvalue weighted by atomic mass is 10.0. The van der Waals surface area contributed by atoms with E-state index in [2.05, 4.69) is 5.32 Å². The largest absolute Gasteiger partial charge is 0.362 e. The van der Waals surface area contributed by atoms with E-state index in [1.807, 2.05) is 54.6 Å². The average Bonchev–Trinajstić information content (AvgIpc) is 2.54. The zero-order chi connectivity index (χ0) is 15.4. The van der Waals surface area contributed by atoms with Crippen LogP contribution in [0.3, 0.4) is 0 Å². The summed E-state index contributed by atoms with van der Waals surface area (Å²) < 4.78 is 0. The van der Waals surface area contributed by atoms with E-state index in [0.717, 1.165) is 16.5 Å². The lowest BCUT2D eigenvalue weighted by Gasteiger charge is -2.02.